The summed E-state index contributed by atoms with van der Waals surface area (Å²) in [5.41, 5.74) is 0.395. The summed E-state index contributed by atoms with van der Waals surface area (Å²) in [7, 11) is -3.42. The van der Waals surface area contributed by atoms with Gasteiger partial charge in [0.15, 0.2) is 9.84 Å². The number of hydrogen-bond acceptors (Lipinski definition) is 5. The van der Waals surface area contributed by atoms with Crippen LogP contribution in [0.3, 0.4) is 0 Å². The molecule has 0 atom stereocenters. The Balaban J connectivity index is 2.46. The topological polar surface area (TPSA) is 80.5 Å². The molecule has 0 amide bonds. The lowest BCUT2D eigenvalue weighted by molar-refractivity contribution is -0.384. The predicted octanol–water partition coefficient (Wildman–Crippen LogP) is 2.38. The van der Waals surface area contributed by atoms with Gasteiger partial charge in [-0.2, -0.15) is 0 Å². The summed E-state index contributed by atoms with van der Waals surface area (Å²) in [4.78, 5) is 12.7. The normalized spacial score (nSPS) is 16.1. The van der Waals surface area contributed by atoms with Crippen molar-refractivity contribution in [2.45, 2.75) is 31.1 Å². The fraction of sp³-hybridized carbons (Fsp3) is 0.538. The van der Waals surface area contributed by atoms with E-state index in [1.807, 2.05) is 4.90 Å². The Bertz CT molecular complexity index is 607. The van der Waals surface area contributed by atoms with Gasteiger partial charge in [-0.25, -0.2) is 8.42 Å². The molecular formula is C13H18N2O4S. The maximum Gasteiger partial charge on any atom is 0.293 e. The van der Waals surface area contributed by atoms with Crippen molar-refractivity contribution in [3.63, 3.8) is 0 Å². The molecule has 2 rings (SSSR count). The summed E-state index contributed by atoms with van der Waals surface area (Å²) in [5, 5.41) is 11.2. The highest BCUT2D eigenvalue weighted by atomic mass is 32.2. The number of nitrogens with zero attached hydrogens (tertiary/aromatic N) is 2. The Labute approximate surface area is 118 Å². The molecule has 20 heavy (non-hydrogen) atoms. The molecule has 7 heteroatoms. The molecule has 6 nitrogen and oxygen atoms in total. The van der Waals surface area contributed by atoms with Gasteiger partial charge in [-0.3, -0.25) is 10.1 Å². The molecule has 0 aliphatic carbocycles. The van der Waals surface area contributed by atoms with Crippen LogP contribution in [0.1, 0.15) is 26.2 Å². The number of nitro groups is 1. The maximum absolute atomic E-state index is 11.8. The van der Waals surface area contributed by atoms with Gasteiger partial charge in [0.25, 0.3) is 5.69 Å². The molecule has 1 aliphatic rings. The van der Waals surface area contributed by atoms with Gasteiger partial charge in [-0.1, -0.05) is 6.92 Å². The minimum atomic E-state index is -3.42. The first-order chi connectivity index (χ1) is 9.45. The molecule has 0 N–H and O–H groups in total. The Morgan fingerprint density at radius 2 is 1.90 bits per heavy atom. The Kier molecular flexibility index (Phi) is 4.27. The average molecular weight is 298 g/mol. The largest absolute Gasteiger partial charge is 0.366 e. The van der Waals surface area contributed by atoms with E-state index in [2.05, 4.69) is 0 Å². The van der Waals surface area contributed by atoms with E-state index >= 15 is 0 Å². The summed E-state index contributed by atoms with van der Waals surface area (Å²) in [6.45, 7) is 3.08. The van der Waals surface area contributed by atoms with Crippen molar-refractivity contribution in [3.8, 4) is 0 Å². The second-order valence-corrected chi connectivity index (χ2v) is 7.14. The van der Waals surface area contributed by atoms with Gasteiger partial charge in [-0.15, -0.1) is 0 Å². The van der Waals surface area contributed by atoms with E-state index < -0.39 is 14.8 Å². The van der Waals surface area contributed by atoms with Crippen molar-refractivity contribution in [1.29, 1.82) is 0 Å². The second-order valence-electron chi connectivity index (χ2n) is 4.86. The molecule has 1 aliphatic heterocycles. The molecule has 0 bridgehead atoms. The molecule has 1 saturated heterocycles. The van der Waals surface area contributed by atoms with Crippen LogP contribution < -0.4 is 4.90 Å². The minimum absolute atomic E-state index is 0.0208. The van der Waals surface area contributed by atoms with E-state index in [0.29, 0.717) is 5.69 Å². The monoisotopic (exact) mass is 298 g/mol. The van der Waals surface area contributed by atoms with E-state index in [4.69, 9.17) is 0 Å². The molecular weight excluding hydrogens is 280 g/mol. The van der Waals surface area contributed by atoms with Gasteiger partial charge in [0.2, 0.25) is 0 Å². The Morgan fingerprint density at radius 1 is 1.25 bits per heavy atom. The van der Waals surface area contributed by atoms with Crippen LogP contribution in [0.15, 0.2) is 23.1 Å². The number of sulfone groups is 1. The van der Waals surface area contributed by atoms with Crippen molar-refractivity contribution in [1.82, 2.24) is 0 Å². The summed E-state index contributed by atoms with van der Waals surface area (Å²) in [6.07, 6.45) is 3.14. The van der Waals surface area contributed by atoms with E-state index in [1.165, 1.54) is 19.1 Å². The van der Waals surface area contributed by atoms with Crippen LogP contribution in [0, 0.1) is 10.1 Å². The molecule has 0 radical (unpaired) electrons. The van der Waals surface area contributed by atoms with E-state index in [9.17, 15) is 18.5 Å². The fourth-order valence-electron chi connectivity index (χ4n) is 2.41. The highest BCUT2D eigenvalue weighted by molar-refractivity contribution is 7.91. The SMILES string of the molecule is CCS(=O)(=O)c1ccc(N2CCCCC2)c([N+](=O)[O-])c1. The van der Waals surface area contributed by atoms with E-state index in [0.717, 1.165) is 32.4 Å². The van der Waals surface area contributed by atoms with Gasteiger partial charge in [0.05, 0.1) is 15.6 Å². The molecule has 110 valence electrons. The first-order valence-electron chi connectivity index (χ1n) is 6.72. The number of benzene rings is 1. The van der Waals surface area contributed by atoms with Crippen LogP contribution in [-0.4, -0.2) is 32.2 Å². The predicted molar refractivity (Wildman–Crippen MR) is 76.9 cm³/mol. The van der Waals surface area contributed by atoms with Crippen LogP contribution in [0.5, 0.6) is 0 Å². The molecule has 0 aromatic heterocycles. The number of hydrogen-bond donors (Lipinski definition) is 0. The van der Waals surface area contributed by atoms with E-state index in [-0.39, 0.29) is 16.3 Å². The molecule has 1 aromatic rings. The van der Waals surface area contributed by atoms with Crippen molar-refractivity contribution in [2.75, 3.05) is 23.7 Å². The lowest BCUT2D eigenvalue weighted by Gasteiger charge is -2.28. The van der Waals surface area contributed by atoms with E-state index in [1.54, 1.807) is 6.07 Å². The lowest BCUT2D eigenvalue weighted by atomic mass is 10.1. The Morgan fingerprint density at radius 3 is 2.45 bits per heavy atom. The van der Waals surface area contributed by atoms with Crippen LogP contribution in [0.4, 0.5) is 11.4 Å². The zero-order chi connectivity index (χ0) is 14.8. The maximum atomic E-state index is 11.8. The molecule has 0 spiro atoms. The second kappa shape index (κ2) is 5.78. The summed E-state index contributed by atoms with van der Waals surface area (Å²) in [6, 6.07) is 4.21. The number of piperidine rings is 1. The van der Waals surface area contributed by atoms with Gasteiger partial charge >= 0.3 is 0 Å². The fourth-order valence-corrected chi connectivity index (χ4v) is 3.31. The zero-order valence-electron chi connectivity index (χ0n) is 11.4. The molecule has 0 unspecified atom stereocenters. The third kappa shape index (κ3) is 2.92. The standard InChI is InChI=1S/C13H18N2O4S/c1-2-20(18,19)11-6-7-12(13(10-11)15(16)17)14-8-4-3-5-9-14/h6-7,10H,2-5,8-9H2,1H3. The summed E-state index contributed by atoms with van der Waals surface area (Å²) >= 11 is 0. The van der Waals surface area contributed by atoms with Crippen molar-refractivity contribution < 1.29 is 13.3 Å². The van der Waals surface area contributed by atoms with Gasteiger partial charge in [-0.05, 0) is 31.4 Å². The molecule has 1 fully saturated rings. The highest BCUT2D eigenvalue weighted by Gasteiger charge is 2.24. The summed E-state index contributed by atoms with van der Waals surface area (Å²) < 4.78 is 23.7. The number of rotatable bonds is 4. The Hall–Kier alpha value is -1.63. The van der Waals surface area contributed by atoms with Gasteiger partial charge in [0.1, 0.15) is 5.69 Å². The molecule has 1 heterocycles. The number of nitro benzene ring substituents is 1. The van der Waals surface area contributed by atoms with Gasteiger partial charge < -0.3 is 4.90 Å². The van der Waals surface area contributed by atoms with Crippen LogP contribution >= 0.6 is 0 Å². The highest BCUT2D eigenvalue weighted by Crippen LogP contribution is 2.32. The van der Waals surface area contributed by atoms with Gasteiger partial charge in [0, 0.05) is 19.2 Å². The smallest absolute Gasteiger partial charge is 0.293 e. The van der Waals surface area contributed by atoms with Crippen molar-refractivity contribution in [3.05, 3.63) is 28.3 Å². The average Bonchev–Trinajstić information content (AvgIpc) is 2.47. The molecule has 1 aromatic carbocycles. The van der Waals surface area contributed by atoms with Crippen LogP contribution in [-0.2, 0) is 9.84 Å². The van der Waals surface area contributed by atoms with Crippen LogP contribution in [0.25, 0.3) is 0 Å². The minimum Gasteiger partial charge on any atom is -0.366 e. The third-order valence-electron chi connectivity index (χ3n) is 3.58. The molecule has 0 saturated carbocycles. The van der Waals surface area contributed by atoms with Crippen molar-refractivity contribution >= 4 is 21.2 Å². The first kappa shape index (κ1) is 14.8. The third-order valence-corrected chi connectivity index (χ3v) is 5.31. The first-order valence-corrected chi connectivity index (χ1v) is 8.37. The zero-order valence-corrected chi connectivity index (χ0v) is 12.2. The quantitative estimate of drug-likeness (QED) is 0.629. The van der Waals surface area contributed by atoms with Crippen LogP contribution in [0.2, 0.25) is 0 Å². The summed E-state index contributed by atoms with van der Waals surface area (Å²) in [5.74, 6) is -0.0623. The lowest BCUT2D eigenvalue weighted by Crippen LogP contribution is -2.30. The number of anilines is 1. The van der Waals surface area contributed by atoms with Crippen molar-refractivity contribution in [2.24, 2.45) is 0 Å².